The van der Waals surface area contributed by atoms with Gasteiger partial charge in [0.05, 0.1) is 12.6 Å². The molecule has 16 heavy (non-hydrogen) atoms. The summed E-state index contributed by atoms with van der Waals surface area (Å²) in [5, 5.41) is 11.1. The van der Waals surface area contributed by atoms with E-state index >= 15 is 0 Å². The van der Waals surface area contributed by atoms with Gasteiger partial charge < -0.3 is 14.6 Å². The molecule has 5 heteroatoms. The highest BCUT2D eigenvalue weighted by Gasteiger charge is 2.42. The van der Waals surface area contributed by atoms with Gasteiger partial charge in [-0.05, 0) is 31.9 Å². The van der Waals surface area contributed by atoms with Crippen LogP contribution in [0.4, 0.5) is 0 Å². The number of hydrogen-bond acceptors (Lipinski definition) is 5. The highest BCUT2D eigenvalue weighted by Crippen LogP contribution is 2.34. The first-order valence-electron chi connectivity index (χ1n) is 5.05. The number of allylic oxidation sites excluding steroid dienone is 1. The lowest BCUT2D eigenvalue weighted by molar-refractivity contribution is -0.315. The molecular weight excluding hydrogens is 212 g/mol. The van der Waals surface area contributed by atoms with Gasteiger partial charge in [-0.25, -0.2) is 0 Å². The molecule has 0 aliphatic heterocycles. The molecule has 0 saturated carbocycles. The Morgan fingerprint density at radius 2 is 2.12 bits per heavy atom. The predicted octanol–water partition coefficient (Wildman–Crippen LogP) is -0.405. The van der Waals surface area contributed by atoms with Gasteiger partial charge >= 0.3 is 5.97 Å². The largest absolute Gasteiger partial charge is 0.549 e. The van der Waals surface area contributed by atoms with Crippen molar-refractivity contribution in [3.05, 3.63) is 11.6 Å². The smallest absolute Gasteiger partial charge is 0.321 e. The molecule has 0 saturated heterocycles. The first-order valence-corrected chi connectivity index (χ1v) is 5.05. The van der Waals surface area contributed by atoms with Crippen molar-refractivity contribution in [2.45, 2.75) is 26.7 Å². The molecule has 1 aliphatic carbocycles. The zero-order chi connectivity index (χ0) is 12.3. The summed E-state index contributed by atoms with van der Waals surface area (Å²) >= 11 is 0. The monoisotopic (exact) mass is 225 g/mol. The van der Waals surface area contributed by atoms with Gasteiger partial charge in [-0.3, -0.25) is 9.59 Å². The minimum atomic E-state index is -1.85. The molecule has 5 nitrogen and oxygen atoms in total. The van der Waals surface area contributed by atoms with E-state index in [9.17, 15) is 19.5 Å². The van der Waals surface area contributed by atoms with Crippen molar-refractivity contribution in [2.75, 3.05) is 6.61 Å². The summed E-state index contributed by atoms with van der Waals surface area (Å²) in [6.07, 6.45) is 1.70. The highest BCUT2D eigenvalue weighted by molar-refractivity contribution is 6.04. The summed E-state index contributed by atoms with van der Waals surface area (Å²) in [6, 6.07) is 0. The molecule has 1 rings (SSSR count). The molecule has 0 amide bonds. The number of hydrogen-bond donors (Lipinski definition) is 0. The molecule has 0 radical (unpaired) electrons. The van der Waals surface area contributed by atoms with Gasteiger partial charge in [-0.2, -0.15) is 0 Å². The van der Waals surface area contributed by atoms with Crippen LogP contribution in [0.3, 0.4) is 0 Å². The van der Waals surface area contributed by atoms with Crippen LogP contribution in [0.2, 0.25) is 0 Å². The molecule has 0 heterocycles. The van der Waals surface area contributed by atoms with E-state index in [2.05, 4.69) is 0 Å². The van der Waals surface area contributed by atoms with E-state index in [1.807, 2.05) is 0 Å². The van der Waals surface area contributed by atoms with Gasteiger partial charge in [0, 0.05) is 6.42 Å². The molecule has 0 aromatic carbocycles. The number of esters is 1. The van der Waals surface area contributed by atoms with Crippen molar-refractivity contribution in [3.8, 4) is 0 Å². The van der Waals surface area contributed by atoms with Gasteiger partial charge in [0.15, 0.2) is 5.78 Å². The summed E-state index contributed by atoms with van der Waals surface area (Å²) in [7, 11) is 0. The van der Waals surface area contributed by atoms with Crippen molar-refractivity contribution in [2.24, 2.45) is 5.41 Å². The number of carbonyl (C=O) groups is 3. The number of ether oxygens (including phenoxy) is 1. The molecule has 0 N–H and O–H groups in total. The maximum atomic E-state index is 11.6. The van der Waals surface area contributed by atoms with E-state index in [0.717, 1.165) is 0 Å². The lowest BCUT2D eigenvalue weighted by Crippen LogP contribution is -2.47. The van der Waals surface area contributed by atoms with Crippen molar-refractivity contribution in [1.82, 2.24) is 0 Å². The number of ketones is 1. The van der Waals surface area contributed by atoms with Crippen LogP contribution in [0, 0.1) is 5.41 Å². The second-order valence-electron chi connectivity index (χ2n) is 3.77. The molecule has 0 aromatic heterocycles. The quantitative estimate of drug-likeness (QED) is 0.480. The normalized spacial score (nSPS) is 18.9. The third kappa shape index (κ3) is 1.98. The lowest BCUT2D eigenvalue weighted by Gasteiger charge is -2.29. The second-order valence-corrected chi connectivity index (χ2v) is 3.77. The van der Waals surface area contributed by atoms with Gasteiger partial charge in [-0.15, -0.1) is 0 Å². The molecule has 1 unspecified atom stereocenters. The number of aliphatic carboxylic acids is 1. The Balaban J connectivity index is 3.07. The Bertz CT molecular complexity index is 369. The summed E-state index contributed by atoms with van der Waals surface area (Å²) in [4.78, 5) is 33.7. The Morgan fingerprint density at radius 1 is 1.50 bits per heavy atom. The zero-order valence-corrected chi connectivity index (χ0v) is 9.24. The van der Waals surface area contributed by atoms with Crippen LogP contribution in [0.1, 0.15) is 26.7 Å². The predicted molar refractivity (Wildman–Crippen MR) is 52.1 cm³/mol. The van der Waals surface area contributed by atoms with E-state index in [0.29, 0.717) is 0 Å². The molecule has 0 spiro atoms. The van der Waals surface area contributed by atoms with Crippen molar-refractivity contribution >= 4 is 17.7 Å². The third-order valence-corrected chi connectivity index (χ3v) is 2.71. The van der Waals surface area contributed by atoms with E-state index in [4.69, 9.17) is 4.74 Å². The first kappa shape index (κ1) is 12.4. The van der Waals surface area contributed by atoms with E-state index in [-0.39, 0.29) is 30.8 Å². The third-order valence-electron chi connectivity index (χ3n) is 2.71. The average molecular weight is 225 g/mol. The van der Waals surface area contributed by atoms with Crippen LogP contribution in [0.5, 0.6) is 0 Å². The maximum Gasteiger partial charge on any atom is 0.321 e. The van der Waals surface area contributed by atoms with Crippen molar-refractivity contribution < 1.29 is 24.2 Å². The molecule has 0 bridgehead atoms. The van der Waals surface area contributed by atoms with Crippen molar-refractivity contribution in [1.29, 1.82) is 0 Å². The lowest BCUT2D eigenvalue weighted by atomic mass is 9.81. The summed E-state index contributed by atoms with van der Waals surface area (Å²) < 4.78 is 4.70. The fraction of sp³-hybridized carbons (Fsp3) is 0.545. The maximum absolute atomic E-state index is 11.6. The van der Waals surface area contributed by atoms with Crippen LogP contribution < -0.4 is 5.11 Å². The van der Waals surface area contributed by atoms with Gasteiger partial charge in [0.2, 0.25) is 0 Å². The fourth-order valence-electron chi connectivity index (χ4n) is 1.61. The van der Waals surface area contributed by atoms with E-state index in [1.165, 1.54) is 13.0 Å². The topological polar surface area (TPSA) is 83.5 Å². The number of carbonyl (C=O) groups excluding carboxylic acids is 3. The Morgan fingerprint density at radius 3 is 2.50 bits per heavy atom. The molecule has 0 fully saturated rings. The van der Waals surface area contributed by atoms with Gasteiger partial charge in [0.25, 0.3) is 0 Å². The van der Waals surface area contributed by atoms with Crippen LogP contribution >= 0.6 is 0 Å². The zero-order valence-electron chi connectivity index (χ0n) is 9.24. The Hall–Kier alpha value is -1.65. The molecule has 88 valence electrons. The molecule has 1 aliphatic rings. The molecule has 1 atom stereocenters. The van der Waals surface area contributed by atoms with E-state index in [1.54, 1.807) is 6.92 Å². The summed E-state index contributed by atoms with van der Waals surface area (Å²) in [5.74, 6) is -2.59. The number of rotatable bonds is 4. The van der Waals surface area contributed by atoms with Crippen LogP contribution in [-0.2, 0) is 19.1 Å². The Labute approximate surface area is 93.1 Å². The minimum Gasteiger partial charge on any atom is -0.549 e. The summed E-state index contributed by atoms with van der Waals surface area (Å²) in [6.45, 7) is 2.88. The average Bonchev–Trinajstić information content (AvgIpc) is 2.64. The fourth-order valence-corrected chi connectivity index (χ4v) is 1.61. The SMILES string of the molecule is CCOC(=O)C(C)(C(=O)[O-])C1=CC(=O)CC1. The minimum absolute atomic E-state index is 0.0862. The van der Waals surface area contributed by atoms with Crippen LogP contribution in [0.15, 0.2) is 11.6 Å². The van der Waals surface area contributed by atoms with Gasteiger partial charge in [0.1, 0.15) is 5.41 Å². The highest BCUT2D eigenvalue weighted by atomic mass is 16.5. The van der Waals surface area contributed by atoms with Crippen LogP contribution in [0.25, 0.3) is 0 Å². The molecular formula is C11H13O5-. The van der Waals surface area contributed by atoms with Gasteiger partial charge in [-0.1, -0.05) is 0 Å². The number of carboxylic acid groups (broad SMARTS) is 1. The van der Waals surface area contributed by atoms with E-state index < -0.39 is 17.4 Å². The van der Waals surface area contributed by atoms with Crippen LogP contribution in [-0.4, -0.2) is 24.3 Å². The second kappa shape index (κ2) is 4.47. The van der Waals surface area contributed by atoms with Crippen molar-refractivity contribution in [3.63, 3.8) is 0 Å². The standard InChI is InChI=1S/C11H14O5/c1-3-16-10(15)11(2,9(13)14)7-4-5-8(12)6-7/h6H,3-5H2,1-2H3,(H,13,14)/p-1. The summed E-state index contributed by atoms with van der Waals surface area (Å²) in [5.41, 5.74) is -1.58. The first-order chi connectivity index (χ1) is 7.42. The Kier molecular flexibility index (Phi) is 3.47. The number of carboxylic acids is 1. The molecule has 0 aromatic rings.